The first-order chi connectivity index (χ1) is 16.7. The lowest BCUT2D eigenvalue weighted by atomic mass is 9.98. The maximum Gasteiger partial charge on any atom is 0.326 e. The second kappa shape index (κ2) is 15.9. The number of nitrogens with one attached hydrogen (secondary N) is 3. The molecule has 0 aromatic rings. The lowest BCUT2D eigenvalue weighted by molar-refractivity contribution is -0.144. The van der Waals surface area contributed by atoms with E-state index in [0.29, 0.717) is 6.42 Å². The highest BCUT2D eigenvalue weighted by Crippen LogP contribution is 2.10. The Bertz CT molecular complexity index is 845. The number of aliphatic imine (C=N–C) groups is 1. The third-order valence-electron chi connectivity index (χ3n) is 5.10. The molecule has 5 unspecified atom stereocenters. The van der Waals surface area contributed by atoms with Crippen LogP contribution < -0.4 is 33.2 Å². The molecule has 0 spiro atoms. The first-order valence-electron chi connectivity index (χ1n) is 11.1. The second-order valence-corrected chi connectivity index (χ2v) is 8.08. The SMILES string of the molecule is CCC(C)C(NC(=O)C(CCCN=C(N)N)NC(=O)C(CC(=O)O)NC(=O)C(N)CC(=O)O)C(=O)O. The number of nitrogens with two attached hydrogens (primary N) is 3. The van der Waals surface area contributed by atoms with Gasteiger partial charge < -0.3 is 48.5 Å². The lowest BCUT2D eigenvalue weighted by Crippen LogP contribution is -2.58. The van der Waals surface area contributed by atoms with E-state index in [0.717, 1.165) is 0 Å². The molecule has 12 N–H and O–H groups in total. The number of rotatable bonds is 17. The van der Waals surface area contributed by atoms with E-state index in [9.17, 15) is 33.9 Å². The van der Waals surface area contributed by atoms with E-state index in [4.69, 9.17) is 27.4 Å². The standard InChI is InChI=1S/C20H35N7O9/c1-3-9(2)15(19(35)36)27-17(33)11(5-4-6-24-20(22)23)25-18(34)12(8-14(30)31)26-16(32)10(21)7-13(28)29/h9-12,15H,3-8,21H2,1-2H3,(H,25,34)(H,26,32)(H,27,33)(H,28,29)(H,30,31)(H,35,36)(H4,22,23,24). The number of guanidine groups is 1. The van der Waals surface area contributed by atoms with Crippen molar-refractivity contribution < 1.29 is 44.1 Å². The number of hydrogen-bond acceptors (Lipinski definition) is 8. The molecule has 0 aromatic carbocycles. The first-order valence-corrected chi connectivity index (χ1v) is 11.1. The molecule has 16 heteroatoms. The summed E-state index contributed by atoms with van der Waals surface area (Å²) < 4.78 is 0. The molecule has 0 saturated heterocycles. The summed E-state index contributed by atoms with van der Waals surface area (Å²) in [5.41, 5.74) is 16.0. The molecule has 5 atom stereocenters. The number of carboxylic acid groups (broad SMARTS) is 3. The summed E-state index contributed by atoms with van der Waals surface area (Å²) in [5, 5.41) is 34.1. The summed E-state index contributed by atoms with van der Waals surface area (Å²) >= 11 is 0. The molecule has 0 aliphatic carbocycles. The summed E-state index contributed by atoms with van der Waals surface area (Å²) in [6, 6.07) is -5.86. The summed E-state index contributed by atoms with van der Waals surface area (Å²) in [6.45, 7) is 3.43. The van der Waals surface area contributed by atoms with Gasteiger partial charge in [-0.2, -0.15) is 0 Å². The number of amides is 3. The molecule has 0 fully saturated rings. The minimum absolute atomic E-state index is 0.0620. The van der Waals surface area contributed by atoms with Crippen molar-refractivity contribution in [3.8, 4) is 0 Å². The van der Waals surface area contributed by atoms with E-state index in [1.54, 1.807) is 13.8 Å². The molecule has 0 aliphatic rings. The van der Waals surface area contributed by atoms with E-state index in [1.807, 2.05) is 0 Å². The van der Waals surface area contributed by atoms with Gasteiger partial charge in [0, 0.05) is 6.54 Å². The average Bonchev–Trinajstić information content (AvgIpc) is 2.76. The molecular formula is C20H35N7O9. The summed E-state index contributed by atoms with van der Waals surface area (Å²) in [7, 11) is 0. The Hall–Kier alpha value is -3.95. The van der Waals surface area contributed by atoms with Crippen molar-refractivity contribution in [1.82, 2.24) is 16.0 Å². The smallest absolute Gasteiger partial charge is 0.326 e. The van der Waals surface area contributed by atoms with Gasteiger partial charge in [-0.1, -0.05) is 20.3 Å². The van der Waals surface area contributed by atoms with E-state index >= 15 is 0 Å². The van der Waals surface area contributed by atoms with Crippen LogP contribution in [0.4, 0.5) is 0 Å². The van der Waals surface area contributed by atoms with Crippen LogP contribution in [0.3, 0.4) is 0 Å². The number of carboxylic acids is 3. The largest absolute Gasteiger partial charge is 0.481 e. The quantitative estimate of drug-likeness (QED) is 0.0526. The van der Waals surface area contributed by atoms with Crippen molar-refractivity contribution in [2.24, 2.45) is 28.1 Å². The van der Waals surface area contributed by atoms with Crippen molar-refractivity contribution >= 4 is 41.6 Å². The molecule has 0 saturated carbocycles. The summed E-state index contributed by atoms with van der Waals surface area (Å²) in [5.74, 6) is -7.82. The highest BCUT2D eigenvalue weighted by Gasteiger charge is 2.32. The molecule has 0 rings (SSSR count). The van der Waals surface area contributed by atoms with Crippen LogP contribution in [0.25, 0.3) is 0 Å². The fourth-order valence-electron chi connectivity index (χ4n) is 2.93. The fourth-order valence-corrected chi connectivity index (χ4v) is 2.93. The maximum atomic E-state index is 12.9. The summed E-state index contributed by atoms with van der Waals surface area (Å²) in [4.78, 5) is 75.2. The number of carbonyl (C=O) groups excluding carboxylic acids is 3. The van der Waals surface area contributed by atoms with Crippen molar-refractivity contribution in [2.45, 2.75) is 70.1 Å². The monoisotopic (exact) mass is 517 g/mol. The Morgan fingerprint density at radius 3 is 1.83 bits per heavy atom. The van der Waals surface area contributed by atoms with Crippen LogP contribution in [0.15, 0.2) is 4.99 Å². The van der Waals surface area contributed by atoms with Crippen molar-refractivity contribution in [2.75, 3.05) is 6.54 Å². The Morgan fingerprint density at radius 1 is 0.833 bits per heavy atom. The van der Waals surface area contributed by atoms with Gasteiger partial charge in [-0.15, -0.1) is 0 Å². The molecular weight excluding hydrogens is 482 g/mol. The van der Waals surface area contributed by atoms with Crippen LogP contribution in [-0.4, -0.2) is 87.6 Å². The highest BCUT2D eigenvalue weighted by atomic mass is 16.4. The van der Waals surface area contributed by atoms with E-state index < -0.39 is 78.6 Å². The molecule has 36 heavy (non-hydrogen) atoms. The van der Waals surface area contributed by atoms with Crippen molar-refractivity contribution in [1.29, 1.82) is 0 Å². The summed E-state index contributed by atoms with van der Waals surface area (Å²) in [6.07, 6.45) is -1.12. The maximum absolute atomic E-state index is 12.9. The predicted octanol–water partition coefficient (Wildman–Crippen LogP) is -3.10. The molecule has 0 radical (unpaired) electrons. The van der Waals surface area contributed by atoms with Gasteiger partial charge in [-0.05, 0) is 18.8 Å². The minimum atomic E-state index is -1.70. The Kier molecular flexibility index (Phi) is 14.1. The van der Waals surface area contributed by atoms with Crippen LogP contribution in [0.1, 0.15) is 46.0 Å². The minimum Gasteiger partial charge on any atom is -0.481 e. The Balaban J connectivity index is 5.71. The van der Waals surface area contributed by atoms with E-state index in [2.05, 4.69) is 20.9 Å². The van der Waals surface area contributed by atoms with Gasteiger partial charge in [0.2, 0.25) is 17.7 Å². The van der Waals surface area contributed by atoms with Crippen molar-refractivity contribution in [3.05, 3.63) is 0 Å². The van der Waals surface area contributed by atoms with Gasteiger partial charge in [0.1, 0.15) is 18.1 Å². The van der Waals surface area contributed by atoms with Crippen LogP contribution in [0, 0.1) is 5.92 Å². The Morgan fingerprint density at radius 2 is 1.36 bits per heavy atom. The topological polar surface area (TPSA) is 290 Å². The highest BCUT2D eigenvalue weighted by molar-refractivity contribution is 5.96. The zero-order valence-corrected chi connectivity index (χ0v) is 20.1. The molecule has 0 bridgehead atoms. The average molecular weight is 518 g/mol. The molecule has 0 aliphatic heterocycles. The number of carbonyl (C=O) groups is 6. The van der Waals surface area contributed by atoms with Gasteiger partial charge >= 0.3 is 17.9 Å². The van der Waals surface area contributed by atoms with Gasteiger partial charge in [0.25, 0.3) is 0 Å². The number of aliphatic carboxylic acids is 3. The lowest BCUT2D eigenvalue weighted by Gasteiger charge is -2.26. The molecule has 204 valence electrons. The predicted molar refractivity (Wildman–Crippen MR) is 125 cm³/mol. The third-order valence-corrected chi connectivity index (χ3v) is 5.10. The fraction of sp³-hybridized carbons (Fsp3) is 0.650. The molecule has 16 nitrogen and oxygen atoms in total. The van der Waals surface area contributed by atoms with Crippen LogP contribution in [0.5, 0.6) is 0 Å². The van der Waals surface area contributed by atoms with Crippen LogP contribution in [-0.2, 0) is 28.8 Å². The number of hydrogen-bond donors (Lipinski definition) is 9. The van der Waals surface area contributed by atoms with Gasteiger partial charge in [0.05, 0.1) is 18.9 Å². The first kappa shape index (κ1) is 32.0. The zero-order chi connectivity index (χ0) is 28.0. The van der Waals surface area contributed by atoms with E-state index in [-0.39, 0.29) is 25.3 Å². The molecule has 0 aromatic heterocycles. The van der Waals surface area contributed by atoms with Gasteiger partial charge in [-0.3, -0.25) is 29.0 Å². The second-order valence-electron chi connectivity index (χ2n) is 8.08. The molecule has 3 amide bonds. The zero-order valence-electron chi connectivity index (χ0n) is 20.1. The van der Waals surface area contributed by atoms with Gasteiger partial charge in [0.15, 0.2) is 5.96 Å². The third kappa shape index (κ3) is 12.5. The van der Waals surface area contributed by atoms with Crippen LogP contribution >= 0.6 is 0 Å². The normalized spacial score (nSPS) is 14.8. The molecule has 0 heterocycles. The van der Waals surface area contributed by atoms with E-state index in [1.165, 1.54) is 0 Å². The van der Waals surface area contributed by atoms with Crippen LogP contribution in [0.2, 0.25) is 0 Å². The van der Waals surface area contributed by atoms with Crippen molar-refractivity contribution in [3.63, 3.8) is 0 Å². The van der Waals surface area contributed by atoms with Gasteiger partial charge in [-0.25, -0.2) is 4.79 Å². The Labute approximate surface area is 207 Å². The number of nitrogens with zero attached hydrogens (tertiary/aromatic N) is 1.